The maximum atomic E-state index is 13.1. The first kappa shape index (κ1) is 78.0. The Balaban J connectivity index is 0.888. The number of esters is 6. The highest BCUT2D eigenvalue weighted by Crippen LogP contribution is 2.32. The van der Waals surface area contributed by atoms with Crippen molar-refractivity contribution >= 4 is 72.3 Å². The Morgan fingerprint density at radius 3 is 0.566 bits per heavy atom. The van der Waals surface area contributed by atoms with Crippen molar-refractivity contribution in [1.29, 1.82) is 0 Å². The molecule has 0 amide bonds. The number of nitrogens with zero attached hydrogens (tertiary/aromatic N) is 18. The Kier molecular flexibility index (Phi) is 27.6. The molecule has 0 fully saturated rings. The van der Waals surface area contributed by atoms with Crippen molar-refractivity contribution in [3.05, 3.63) is 323 Å². The van der Waals surface area contributed by atoms with Gasteiger partial charge >= 0.3 is 35.8 Å². The Labute approximate surface area is 647 Å². The lowest BCUT2D eigenvalue weighted by molar-refractivity contribution is -0.139. The van der Waals surface area contributed by atoms with Gasteiger partial charge in [0.15, 0.2) is 0 Å². The van der Waals surface area contributed by atoms with Crippen molar-refractivity contribution in [2.24, 2.45) is 10.8 Å². The SMILES string of the molecule is O=C(/C=C/c1ccccc1)OCc1cn(CC(COCC(Cn2cc(COC(=O)/C=C/c3ccccc3)nn2)(Cn2cc(COC(=O)/C=C/c3ccccc3)nn2)Cn2cc(COC(=O)/C=C/c3ccccc3)nn2)(Cn2cc(COC(=O)/C=C/c3ccccc3)nn2)Cn2cc(COC(=O)/C=C/c3ccccc3)nn2)nn1. The van der Waals surface area contributed by atoms with E-state index in [-0.39, 0.29) is 92.1 Å². The van der Waals surface area contributed by atoms with Crippen LogP contribution in [0.4, 0.5) is 0 Å². The van der Waals surface area contributed by atoms with Gasteiger partial charge in [-0.3, -0.25) is 28.1 Å². The summed E-state index contributed by atoms with van der Waals surface area (Å²) in [4.78, 5) is 78.8. The molecule has 0 bridgehead atoms. The molecule has 0 aliphatic heterocycles. The Bertz CT molecular complexity index is 4430. The maximum Gasteiger partial charge on any atom is 0.331 e. The summed E-state index contributed by atoms with van der Waals surface area (Å²) in [6, 6.07) is 55.6. The van der Waals surface area contributed by atoms with Crippen LogP contribution in [-0.4, -0.2) is 139 Å². The zero-order valence-corrected chi connectivity index (χ0v) is 61.0. The number of hydrogen-bond donors (Lipinski definition) is 0. The second-order valence-electron chi connectivity index (χ2n) is 26.0. The van der Waals surface area contributed by atoms with Gasteiger partial charge in [0.2, 0.25) is 0 Å². The third-order valence-electron chi connectivity index (χ3n) is 16.8. The highest BCUT2D eigenvalue weighted by atomic mass is 16.6. The van der Waals surface area contributed by atoms with Crippen LogP contribution in [0, 0.1) is 10.8 Å². The average molecular weight is 1520 g/mol. The van der Waals surface area contributed by atoms with E-state index < -0.39 is 46.6 Å². The van der Waals surface area contributed by atoms with E-state index in [1.54, 1.807) is 102 Å². The number of ether oxygens (including phenoxy) is 7. The van der Waals surface area contributed by atoms with Crippen molar-refractivity contribution in [3.8, 4) is 0 Å². The normalized spacial score (nSPS) is 11.9. The molecule has 6 aromatic carbocycles. The minimum atomic E-state index is -1.27. The first-order valence-electron chi connectivity index (χ1n) is 35.6. The summed E-state index contributed by atoms with van der Waals surface area (Å²) >= 11 is 0. The molecular weight excluding hydrogens is 1450 g/mol. The molecule has 0 saturated carbocycles. The quantitative estimate of drug-likeness (QED) is 0.0196. The smallest absolute Gasteiger partial charge is 0.331 e. The molecule has 6 aromatic heterocycles. The van der Waals surface area contributed by atoms with E-state index in [1.807, 2.05) is 182 Å². The first-order valence-corrected chi connectivity index (χ1v) is 35.6. The third kappa shape index (κ3) is 25.8. The van der Waals surface area contributed by atoms with Gasteiger partial charge in [-0.2, -0.15) is 0 Å². The molecule has 572 valence electrons. The van der Waals surface area contributed by atoms with E-state index in [0.29, 0.717) is 34.2 Å². The number of benzene rings is 6. The van der Waals surface area contributed by atoms with Crippen molar-refractivity contribution < 1.29 is 61.9 Å². The van der Waals surface area contributed by atoms with Gasteiger partial charge in [0.1, 0.15) is 73.8 Å². The van der Waals surface area contributed by atoms with Crippen LogP contribution in [0.5, 0.6) is 0 Å². The fraction of sp³-hybridized carbons (Fsp3) is 0.195. The fourth-order valence-electron chi connectivity index (χ4n) is 11.5. The largest absolute Gasteiger partial charge is 0.456 e. The maximum absolute atomic E-state index is 13.1. The van der Waals surface area contributed by atoms with E-state index in [0.717, 1.165) is 33.4 Å². The molecule has 31 nitrogen and oxygen atoms in total. The van der Waals surface area contributed by atoms with E-state index >= 15 is 0 Å². The van der Waals surface area contributed by atoms with Crippen molar-refractivity contribution in [3.63, 3.8) is 0 Å². The molecule has 6 heterocycles. The Morgan fingerprint density at radius 2 is 0.407 bits per heavy atom. The van der Waals surface area contributed by atoms with Crippen LogP contribution in [0.25, 0.3) is 36.5 Å². The lowest BCUT2D eigenvalue weighted by Crippen LogP contribution is -2.45. The summed E-state index contributed by atoms with van der Waals surface area (Å²) in [5.41, 5.74) is 3.96. The van der Waals surface area contributed by atoms with Crippen LogP contribution in [0.1, 0.15) is 67.5 Å². The van der Waals surface area contributed by atoms with Gasteiger partial charge in [0.05, 0.1) is 100 Å². The van der Waals surface area contributed by atoms with E-state index in [4.69, 9.17) is 33.2 Å². The standard InChI is InChI=1S/C82H76N18O13/c101-75(37-31-63-19-7-1-8-20-63)108-49-69-43-95(89-83-69)55-81(56-96-44-70(84-90-96)50-109-76(102)38-32-64-21-9-2-10-22-64,57-97-45-71(85-91-97)51-110-77(103)39-33-65-23-11-3-12-24-65)61-107-62-82(58-98-46-72(86-92-98)52-111-78(104)40-34-66-25-13-4-14-26-66,59-99-47-73(87-93-99)53-112-79(105)41-35-67-27-15-5-16-28-67)60-100-48-74(88-94-100)54-113-80(106)42-36-68-29-17-6-18-30-68/h1-48H,49-62H2/b37-31+,38-32+,39-33+,40-34+,41-35+,42-36+. The second kappa shape index (κ2) is 40.0. The molecule has 0 saturated heterocycles. The molecule has 0 atom stereocenters. The first-order chi connectivity index (χ1) is 55.2. The monoisotopic (exact) mass is 1520 g/mol. The molecule has 0 N–H and O–H groups in total. The number of aromatic nitrogens is 18. The molecule has 0 spiro atoms. The molecule has 0 radical (unpaired) electrons. The van der Waals surface area contributed by atoms with Gasteiger partial charge < -0.3 is 33.2 Å². The number of carbonyl (C=O) groups is 6. The molecule has 31 heteroatoms. The Morgan fingerprint density at radius 1 is 0.248 bits per heavy atom. The zero-order chi connectivity index (χ0) is 78.1. The number of hydrogen-bond acceptors (Lipinski definition) is 25. The molecule has 0 aliphatic carbocycles. The van der Waals surface area contributed by atoms with E-state index in [2.05, 4.69) is 61.9 Å². The Hall–Kier alpha value is -14.6. The van der Waals surface area contributed by atoms with Gasteiger partial charge in [-0.1, -0.05) is 213 Å². The summed E-state index contributed by atoms with van der Waals surface area (Å²) in [6.07, 6.45) is 27.4. The van der Waals surface area contributed by atoms with Gasteiger partial charge in [0.25, 0.3) is 0 Å². The molecular formula is C82H76N18O13. The zero-order valence-electron chi connectivity index (χ0n) is 61.0. The van der Waals surface area contributed by atoms with Crippen LogP contribution in [-0.2, 0) is 141 Å². The van der Waals surface area contributed by atoms with Crippen molar-refractivity contribution in [2.75, 3.05) is 13.2 Å². The minimum Gasteiger partial charge on any atom is -0.456 e. The van der Waals surface area contributed by atoms with Crippen LogP contribution in [0.3, 0.4) is 0 Å². The van der Waals surface area contributed by atoms with Crippen molar-refractivity contribution in [1.82, 2.24) is 90.0 Å². The van der Waals surface area contributed by atoms with Gasteiger partial charge in [0, 0.05) is 36.5 Å². The number of carbonyl (C=O) groups excluding carboxylic acids is 6. The molecule has 0 aliphatic rings. The lowest BCUT2D eigenvalue weighted by atomic mass is 9.86. The summed E-state index contributed by atoms with van der Waals surface area (Å²) in [6.45, 7) is -2.18. The number of rotatable bonds is 40. The predicted octanol–water partition coefficient (Wildman–Crippen LogP) is 9.27. The predicted molar refractivity (Wildman–Crippen MR) is 407 cm³/mol. The third-order valence-corrected chi connectivity index (χ3v) is 16.8. The van der Waals surface area contributed by atoms with Crippen LogP contribution < -0.4 is 0 Å². The van der Waals surface area contributed by atoms with Gasteiger partial charge in [-0.15, -0.1) is 30.6 Å². The summed E-state index contributed by atoms with van der Waals surface area (Å²) in [7, 11) is 0. The van der Waals surface area contributed by atoms with Crippen molar-refractivity contribution in [2.45, 2.75) is 78.9 Å². The second-order valence-corrected chi connectivity index (χ2v) is 26.0. The fourth-order valence-corrected chi connectivity index (χ4v) is 11.5. The van der Waals surface area contributed by atoms with Gasteiger partial charge in [-0.05, 0) is 69.8 Å². The highest BCUT2D eigenvalue weighted by molar-refractivity contribution is 5.89. The van der Waals surface area contributed by atoms with Crippen LogP contribution in [0.15, 0.2) is 256 Å². The van der Waals surface area contributed by atoms with Gasteiger partial charge in [-0.25, -0.2) is 28.8 Å². The minimum absolute atomic E-state index is 0.0408. The molecule has 12 rings (SSSR count). The van der Waals surface area contributed by atoms with Crippen LogP contribution in [0.2, 0.25) is 0 Å². The topological polar surface area (TPSA) is 351 Å². The van der Waals surface area contributed by atoms with E-state index in [1.165, 1.54) is 36.5 Å². The summed E-state index contributed by atoms with van der Waals surface area (Å²) < 4.78 is 50.5. The lowest BCUT2D eigenvalue weighted by Gasteiger charge is -2.37. The molecule has 113 heavy (non-hydrogen) atoms. The van der Waals surface area contributed by atoms with E-state index in [9.17, 15) is 28.8 Å². The molecule has 12 aromatic rings. The summed E-state index contributed by atoms with van der Waals surface area (Å²) in [5, 5.41) is 53.8. The molecule has 0 unspecified atom stereocenters. The highest BCUT2D eigenvalue weighted by Gasteiger charge is 2.40. The van der Waals surface area contributed by atoms with Crippen LogP contribution >= 0.6 is 0 Å². The summed E-state index contributed by atoms with van der Waals surface area (Å²) in [5.74, 6) is -3.74. The average Bonchev–Trinajstić information content (AvgIpc) is 1.70.